The fraction of sp³-hybridized carbons (Fsp3) is 0.579. The summed E-state index contributed by atoms with van der Waals surface area (Å²) < 4.78 is 12.9. The molecule has 0 unspecified atom stereocenters. The van der Waals surface area contributed by atoms with Crippen LogP contribution in [0.15, 0.2) is 24.3 Å². The second kappa shape index (κ2) is 11.9. The van der Waals surface area contributed by atoms with Gasteiger partial charge >= 0.3 is 0 Å². The summed E-state index contributed by atoms with van der Waals surface area (Å²) in [6.45, 7) is 5.25. The van der Waals surface area contributed by atoms with E-state index in [1.165, 1.54) is 24.3 Å². The molecule has 1 fully saturated rings. The van der Waals surface area contributed by atoms with Gasteiger partial charge in [0.05, 0.1) is 0 Å². The molecule has 1 aromatic carbocycles. The standard InChI is InChI=1S/C19H28FN3O2.ClH/c1-2-14-23(17-9-12-21-13-10-17)18(24)4-3-11-22-19(25)15-5-7-16(20)8-6-15;/h5-8,17,21H,2-4,9-14H2,1H3,(H,22,25);1H. The van der Waals surface area contributed by atoms with Gasteiger partial charge in [-0.1, -0.05) is 6.92 Å². The van der Waals surface area contributed by atoms with E-state index < -0.39 is 0 Å². The molecule has 1 heterocycles. The molecule has 5 nitrogen and oxygen atoms in total. The molecular formula is C19H29ClFN3O2. The zero-order valence-electron chi connectivity index (χ0n) is 15.3. The van der Waals surface area contributed by atoms with Crippen LogP contribution in [0.3, 0.4) is 0 Å². The summed E-state index contributed by atoms with van der Waals surface area (Å²) >= 11 is 0. The van der Waals surface area contributed by atoms with Crippen molar-refractivity contribution in [2.45, 2.75) is 45.1 Å². The van der Waals surface area contributed by atoms with E-state index in [-0.39, 0.29) is 30.0 Å². The van der Waals surface area contributed by atoms with E-state index in [4.69, 9.17) is 0 Å². The van der Waals surface area contributed by atoms with Crippen LogP contribution in [0.4, 0.5) is 4.39 Å². The summed E-state index contributed by atoms with van der Waals surface area (Å²) in [5.74, 6) is -0.433. The van der Waals surface area contributed by atoms with Crippen LogP contribution < -0.4 is 10.6 Å². The second-order valence-electron chi connectivity index (χ2n) is 6.43. The van der Waals surface area contributed by atoms with Crippen LogP contribution in [0, 0.1) is 5.82 Å². The maximum Gasteiger partial charge on any atom is 0.251 e. The first-order chi connectivity index (χ1) is 12.1. The first-order valence-corrected chi connectivity index (χ1v) is 9.15. The second-order valence-corrected chi connectivity index (χ2v) is 6.43. The van der Waals surface area contributed by atoms with Gasteiger partial charge in [0.25, 0.3) is 5.91 Å². The molecule has 0 saturated carbocycles. The maximum atomic E-state index is 12.9. The number of piperidine rings is 1. The van der Waals surface area contributed by atoms with Crippen molar-refractivity contribution in [2.24, 2.45) is 0 Å². The third-order valence-electron chi connectivity index (χ3n) is 4.49. The number of amides is 2. The Balaban J connectivity index is 0.00000338. The van der Waals surface area contributed by atoms with Crippen molar-refractivity contribution in [3.05, 3.63) is 35.6 Å². The highest BCUT2D eigenvalue weighted by atomic mass is 35.5. The van der Waals surface area contributed by atoms with Crippen molar-refractivity contribution in [2.75, 3.05) is 26.2 Å². The monoisotopic (exact) mass is 385 g/mol. The van der Waals surface area contributed by atoms with Crippen molar-refractivity contribution in [3.8, 4) is 0 Å². The van der Waals surface area contributed by atoms with Crippen molar-refractivity contribution in [3.63, 3.8) is 0 Å². The van der Waals surface area contributed by atoms with Gasteiger partial charge in [0.15, 0.2) is 0 Å². The van der Waals surface area contributed by atoms with Crippen LogP contribution >= 0.6 is 12.4 Å². The number of nitrogens with one attached hydrogen (secondary N) is 2. The van der Waals surface area contributed by atoms with Crippen LogP contribution in [0.1, 0.15) is 49.4 Å². The lowest BCUT2D eigenvalue weighted by Gasteiger charge is -2.34. The highest BCUT2D eigenvalue weighted by molar-refractivity contribution is 5.94. The molecule has 0 aliphatic carbocycles. The Morgan fingerprint density at radius 1 is 1.23 bits per heavy atom. The first kappa shape index (κ1) is 22.4. The fourth-order valence-corrected chi connectivity index (χ4v) is 3.16. The molecular weight excluding hydrogens is 357 g/mol. The van der Waals surface area contributed by atoms with Gasteiger partial charge in [-0.2, -0.15) is 0 Å². The summed E-state index contributed by atoms with van der Waals surface area (Å²) in [6, 6.07) is 5.77. The molecule has 1 aliphatic heterocycles. The van der Waals surface area contributed by atoms with E-state index in [1.807, 2.05) is 4.90 Å². The number of rotatable bonds is 8. The molecule has 0 aromatic heterocycles. The van der Waals surface area contributed by atoms with Gasteiger partial charge in [0.1, 0.15) is 5.82 Å². The Kier molecular flexibility index (Phi) is 10.2. The smallest absolute Gasteiger partial charge is 0.251 e. The maximum absolute atomic E-state index is 12.9. The predicted octanol–water partition coefficient (Wildman–Crippen LogP) is 2.75. The topological polar surface area (TPSA) is 61.4 Å². The van der Waals surface area contributed by atoms with Crippen LogP contribution in [-0.4, -0.2) is 48.9 Å². The third kappa shape index (κ3) is 6.92. The van der Waals surface area contributed by atoms with Crippen LogP contribution in [0.2, 0.25) is 0 Å². The van der Waals surface area contributed by atoms with Crippen molar-refractivity contribution < 1.29 is 14.0 Å². The van der Waals surface area contributed by atoms with E-state index in [2.05, 4.69) is 17.6 Å². The molecule has 2 rings (SSSR count). The molecule has 0 bridgehead atoms. The SMILES string of the molecule is CCCN(C(=O)CCCNC(=O)c1ccc(F)cc1)C1CCNCC1.Cl. The van der Waals surface area contributed by atoms with E-state index in [0.717, 1.165) is 38.9 Å². The van der Waals surface area contributed by atoms with Crippen molar-refractivity contribution >= 4 is 24.2 Å². The highest BCUT2D eigenvalue weighted by Gasteiger charge is 2.24. The molecule has 0 radical (unpaired) electrons. The molecule has 0 spiro atoms. The fourth-order valence-electron chi connectivity index (χ4n) is 3.16. The van der Waals surface area contributed by atoms with E-state index in [9.17, 15) is 14.0 Å². The van der Waals surface area contributed by atoms with Gasteiger partial charge in [-0.15, -0.1) is 12.4 Å². The highest BCUT2D eigenvalue weighted by Crippen LogP contribution is 2.14. The van der Waals surface area contributed by atoms with Crippen LogP contribution in [0.25, 0.3) is 0 Å². The summed E-state index contributed by atoms with van der Waals surface area (Å²) in [7, 11) is 0. The minimum atomic E-state index is -0.365. The minimum Gasteiger partial charge on any atom is -0.352 e. The number of hydrogen-bond donors (Lipinski definition) is 2. The lowest BCUT2D eigenvalue weighted by molar-refractivity contribution is -0.134. The Labute approximate surface area is 161 Å². The average Bonchev–Trinajstić information content (AvgIpc) is 2.64. The number of nitrogens with zero attached hydrogens (tertiary/aromatic N) is 1. The quantitative estimate of drug-likeness (QED) is 0.676. The van der Waals surface area contributed by atoms with Crippen molar-refractivity contribution in [1.82, 2.24) is 15.5 Å². The summed E-state index contributed by atoms with van der Waals surface area (Å²) in [4.78, 5) is 26.5. The molecule has 26 heavy (non-hydrogen) atoms. The Bertz CT molecular complexity index is 562. The summed E-state index contributed by atoms with van der Waals surface area (Å²) in [5, 5.41) is 6.11. The van der Waals surface area contributed by atoms with Crippen LogP contribution in [0.5, 0.6) is 0 Å². The average molecular weight is 386 g/mol. The van der Waals surface area contributed by atoms with E-state index >= 15 is 0 Å². The largest absolute Gasteiger partial charge is 0.352 e. The minimum absolute atomic E-state index is 0. The lowest BCUT2D eigenvalue weighted by Crippen LogP contribution is -2.46. The molecule has 1 saturated heterocycles. The Hall–Kier alpha value is -1.66. The number of halogens is 2. The zero-order valence-corrected chi connectivity index (χ0v) is 16.1. The zero-order chi connectivity index (χ0) is 18.1. The number of hydrogen-bond acceptors (Lipinski definition) is 3. The third-order valence-corrected chi connectivity index (χ3v) is 4.49. The van der Waals surface area contributed by atoms with Crippen molar-refractivity contribution in [1.29, 1.82) is 0 Å². The number of benzene rings is 1. The van der Waals surface area contributed by atoms with Gasteiger partial charge < -0.3 is 15.5 Å². The number of carbonyl (C=O) groups is 2. The molecule has 1 aliphatic rings. The van der Waals surface area contributed by atoms with Gasteiger partial charge in [0.2, 0.25) is 5.91 Å². The van der Waals surface area contributed by atoms with Crippen LogP contribution in [-0.2, 0) is 4.79 Å². The Morgan fingerprint density at radius 3 is 2.50 bits per heavy atom. The molecule has 7 heteroatoms. The van der Waals surface area contributed by atoms with Gasteiger partial charge in [-0.05, 0) is 63.0 Å². The first-order valence-electron chi connectivity index (χ1n) is 9.15. The summed E-state index contributed by atoms with van der Waals surface area (Å²) in [6.07, 6.45) is 4.02. The molecule has 2 N–H and O–H groups in total. The van der Waals surface area contributed by atoms with E-state index in [1.54, 1.807) is 0 Å². The van der Waals surface area contributed by atoms with Gasteiger partial charge in [-0.25, -0.2) is 4.39 Å². The normalized spacial score (nSPS) is 14.4. The Morgan fingerprint density at radius 2 is 1.88 bits per heavy atom. The summed E-state index contributed by atoms with van der Waals surface area (Å²) in [5.41, 5.74) is 0.426. The molecule has 1 aromatic rings. The predicted molar refractivity (Wildman–Crippen MR) is 103 cm³/mol. The molecule has 0 atom stereocenters. The molecule has 146 valence electrons. The lowest BCUT2D eigenvalue weighted by atomic mass is 10.0. The number of carbonyl (C=O) groups excluding carboxylic acids is 2. The van der Waals surface area contributed by atoms with Gasteiger partial charge in [0, 0.05) is 31.1 Å². The molecule has 2 amide bonds. The van der Waals surface area contributed by atoms with Gasteiger partial charge in [-0.3, -0.25) is 9.59 Å². The van der Waals surface area contributed by atoms with E-state index in [0.29, 0.717) is 31.0 Å².